The van der Waals surface area contributed by atoms with Gasteiger partial charge in [0.25, 0.3) is 5.69 Å². The second kappa shape index (κ2) is 10.3. The summed E-state index contributed by atoms with van der Waals surface area (Å²) < 4.78 is 16.3. The van der Waals surface area contributed by atoms with Gasteiger partial charge in [-0.2, -0.15) is 0 Å². The molecule has 0 fully saturated rings. The maximum Gasteiger partial charge on any atom is 0.336 e. The van der Waals surface area contributed by atoms with Crippen LogP contribution in [-0.4, -0.2) is 18.0 Å². The van der Waals surface area contributed by atoms with Gasteiger partial charge >= 0.3 is 5.97 Å². The molecule has 31 heavy (non-hydrogen) atoms. The Hall–Kier alpha value is -3.84. The van der Waals surface area contributed by atoms with Crippen LogP contribution in [0.3, 0.4) is 0 Å². The lowest BCUT2D eigenvalue weighted by molar-refractivity contribution is -0.384. The zero-order valence-corrected chi connectivity index (χ0v) is 17.2. The maximum atomic E-state index is 12.0. The van der Waals surface area contributed by atoms with Gasteiger partial charge in [-0.25, -0.2) is 4.79 Å². The second-order valence-electron chi connectivity index (χ2n) is 6.33. The molecule has 0 aromatic heterocycles. The highest BCUT2D eigenvalue weighted by atomic mass is 35.5. The minimum absolute atomic E-state index is 0.0826. The number of methoxy groups -OCH3 is 1. The van der Waals surface area contributed by atoms with Crippen LogP contribution in [0.4, 0.5) is 5.69 Å². The molecule has 0 atom stereocenters. The number of rotatable bonds is 8. The van der Waals surface area contributed by atoms with Crippen LogP contribution < -0.4 is 14.2 Å². The summed E-state index contributed by atoms with van der Waals surface area (Å²) in [5, 5.41) is 11.3. The molecule has 0 amide bonds. The lowest BCUT2D eigenvalue weighted by atomic mass is 10.2. The van der Waals surface area contributed by atoms with Gasteiger partial charge < -0.3 is 14.2 Å². The Morgan fingerprint density at radius 3 is 2.39 bits per heavy atom. The number of nitrogens with zero attached hydrogens (tertiary/aromatic N) is 1. The van der Waals surface area contributed by atoms with Crippen molar-refractivity contribution in [1.82, 2.24) is 0 Å². The molecule has 3 aromatic carbocycles. The lowest BCUT2D eigenvalue weighted by Crippen LogP contribution is -2.03. The van der Waals surface area contributed by atoms with E-state index in [9.17, 15) is 14.9 Å². The van der Waals surface area contributed by atoms with Crippen LogP contribution in [0.5, 0.6) is 17.2 Å². The van der Waals surface area contributed by atoms with Crippen molar-refractivity contribution in [3.05, 3.63) is 99.1 Å². The fourth-order valence-corrected chi connectivity index (χ4v) is 2.73. The fourth-order valence-electron chi connectivity index (χ4n) is 2.60. The predicted octanol–water partition coefficient (Wildman–Crippen LogP) is 5.45. The highest BCUT2D eigenvalue weighted by Gasteiger charge is 2.08. The minimum atomic E-state index is -0.615. The SMILES string of the molecule is COc1cc(/C=C/C(=O)Oc2ccc([N+](=O)[O-])cc2)ccc1OCc1ccc(Cl)cc1. The van der Waals surface area contributed by atoms with E-state index in [1.165, 1.54) is 37.5 Å². The molecule has 0 N–H and O–H groups in total. The Morgan fingerprint density at radius 2 is 1.74 bits per heavy atom. The molecule has 3 aromatic rings. The molecule has 0 saturated carbocycles. The van der Waals surface area contributed by atoms with Gasteiger partial charge in [0.05, 0.1) is 12.0 Å². The molecule has 0 aliphatic carbocycles. The van der Waals surface area contributed by atoms with Gasteiger partial charge in [-0.1, -0.05) is 29.8 Å². The van der Waals surface area contributed by atoms with Crippen LogP contribution in [0.1, 0.15) is 11.1 Å². The number of benzene rings is 3. The fraction of sp³-hybridized carbons (Fsp3) is 0.0870. The number of hydrogen-bond donors (Lipinski definition) is 0. The molecule has 0 radical (unpaired) electrons. The van der Waals surface area contributed by atoms with Crippen molar-refractivity contribution in [1.29, 1.82) is 0 Å². The van der Waals surface area contributed by atoms with Crippen molar-refractivity contribution in [2.24, 2.45) is 0 Å². The molecule has 0 spiro atoms. The average Bonchev–Trinajstić information content (AvgIpc) is 2.78. The lowest BCUT2D eigenvalue weighted by Gasteiger charge is -2.11. The van der Waals surface area contributed by atoms with Crippen LogP contribution in [0.2, 0.25) is 5.02 Å². The third kappa shape index (κ3) is 6.32. The first kappa shape index (κ1) is 21.9. The number of nitro groups is 1. The Bertz CT molecular complexity index is 1090. The smallest absolute Gasteiger partial charge is 0.336 e. The summed E-state index contributed by atoms with van der Waals surface area (Å²) in [6.45, 7) is 0.351. The van der Waals surface area contributed by atoms with E-state index in [0.717, 1.165) is 5.56 Å². The summed E-state index contributed by atoms with van der Waals surface area (Å²) >= 11 is 5.88. The van der Waals surface area contributed by atoms with Gasteiger partial charge in [0.2, 0.25) is 0 Å². The molecule has 0 bridgehead atoms. The van der Waals surface area contributed by atoms with E-state index in [1.54, 1.807) is 36.4 Å². The van der Waals surface area contributed by atoms with Gasteiger partial charge in [-0.05, 0) is 53.6 Å². The van der Waals surface area contributed by atoms with Crippen LogP contribution >= 0.6 is 11.6 Å². The summed E-state index contributed by atoms with van der Waals surface area (Å²) in [6, 6.07) is 17.8. The van der Waals surface area contributed by atoms with Crippen molar-refractivity contribution >= 4 is 29.3 Å². The van der Waals surface area contributed by atoms with E-state index >= 15 is 0 Å². The number of ether oxygens (including phenoxy) is 3. The molecular weight excluding hydrogens is 422 g/mol. The number of non-ortho nitro benzene ring substituents is 1. The molecule has 0 unspecified atom stereocenters. The van der Waals surface area contributed by atoms with Crippen molar-refractivity contribution in [2.75, 3.05) is 7.11 Å². The quantitative estimate of drug-likeness (QED) is 0.152. The summed E-state index contributed by atoms with van der Waals surface area (Å²) in [6.07, 6.45) is 2.82. The zero-order chi connectivity index (χ0) is 22.2. The minimum Gasteiger partial charge on any atom is -0.493 e. The van der Waals surface area contributed by atoms with Crippen LogP contribution in [0, 0.1) is 10.1 Å². The first-order chi connectivity index (χ1) is 14.9. The average molecular weight is 440 g/mol. The number of hydrogen-bond acceptors (Lipinski definition) is 6. The second-order valence-corrected chi connectivity index (χ2v) is 6.77. The predicted molar refractivity (Wildman–Crippen MR) is 117 cm³/mol. The molecule has 0 aliphatic rings. The number of nitro benzene ring substituents is 1. The Balaban J connectivity index is 1.61. The number of halogens is 1. The Morgan fingerprint density at radius 1 is 1.03 bits per heavy atom. The first-order valence-electron chi connectivity index (χ1n) is 9.14. The Kier molecular flexibility index (Phi) is 7.24. The molecular formula is C23H18ClNO6. The van der Waals surface area contributed by atoms with Crippen molar-refractivity contribution in [3.63, 3.8) is 0 Å². The largest absolute Gasteiger partial charge is 0.493 e. The van der Waals surface area contributed by atoms with E-state index < -0.39 is 10.9 Å². The van der Waals surface area contributed by atoms with Gasteiger partial charge in [0.15, 0.2) is 11.5 Å². The van der Waals surface area contributed by atoms with E-state index in [1.807, 2.05) is 12.1 Å². The molecule has 0 saturated heterocycles. The van der Waals surface area contributed by atoms with Crippen LogP contribution in [0.25, 0.3) is 6.08 Å². The highest BCUT2D eigenvalue weighted by Crippen LogP contribution is 2.29. The van der Waals surface area contributed by atoms with Gasteiger partial charge in [-0.3, -0.25) is 10.1 Å². The highest BCUT2D eigenvalue weighted by molar-refractivity contribution is 6.30. The van der Waals surface area contributed by atoms with Crippen LogP contribution in [0.15, 0.2) is 72.8 Å². The van der Waals surface area contributed by atoms with Gasteiger partial charge in [0, 0.05) is 23.2 Å². The van der Waals surface area contributed by atoms with E-state index in [4.69, 9.17) is 25.8 Å². The summed E-state index contributed by atoms with van der Waals surface area (Å²) in [7, 11) is 1.53. The van der Waals surface area contributed by atoms with Crippen molar-refractivity contribution in [3.8, 4) is 17.2 Å². The topological polar surface area (TPSA) is 87.9 Å². The van der Waals surface area contributed by atoms with Gasteiger partial charge in [-0.15, -0.1) is 0 Å². The Labute approximate surface area is 183 Å². The van der Waals surface area contributed by atoms with Gasteiger partial charge in [0.1, 0.15) is 12.4 Å². The normalized spacial score (nSPS) is 10.6. The van der Waals surface area contributed by atoms with Crippen molar-refractivity contribution < 1.29 is 23.9 Å². The van der Waals surface area contributed by atoms with E-state index in [2.05, 4.69) is 0 Å². The number of carbonyl (C=O) groups excluding carboxylic acids is 1. The summed E-state index contributed by atoms with van der Waals surface area (Å²) in [5.41, 5.74) is 1.58. The van der Waals surface area contributed by atoms with E-state index in [-0.39, 0.29) is 11.4 Å². The number of carbonyl (C=O) groups is 1. The van der Waals surface area contributed by atoms with Crippen molar-refractivity contribution in [2.45, 2.75) is 6.61 Å². The summed E-state index contributed by atoms with van der Waals surface area (Å²) in [4.78, 5) is 22.1. The molecule has 0 heterocycles. The third-order valence-electron chi connectivity index (χ3n) is 4.17. The monoisotopic (exact) mass is 439 g/mol. The molecule has 3 rings (SSSR count). The molecule has 158 valence electrons. The van der Waals surface area contributed by atoms with E-state index in [0.29, 0.717) is 28.7 Å². The third-order valence-corrected chi connectivity index (χ3v) is 4.43. The van der Waals surface area contributed by atoms with Crippen LogP contribution in [-0.2, 0) is 11.4 Å². The molecule has 8 heteroatoms. The number of esters is 1. The first-order valence-corrected chi connectivity index (χ1v) is 9.52. The standard InChI is InChI=1S/C23H18ClNO6/c1-29-22-14-16(4-12-21(22)30-15-17-2-6-18(24)7-3-17)5-13-23(26)31-20-10-8-19(9-11-20)25(27)28/h2-14H,15H2,1H3/b13-5+. The zero-order valence-electron chi connectivity index (χ0n) is 16.5. The molecule has 0 aliphatic heterocycles. The maximum absolute atomic E-state index is 12.0. The summed E-state index contributed by atoms with van der Waals surface area (Å²) in [5.74, 6) is 0.669. The molecule has 7 nitrogen and oxygen atoms in total.